The highest BCUT2D eigenvalue weighted by molar-refractivity contribution is 5.67. The van der Waals surface area contributed by atoms with Gasteiger partial charge in [0, 0.05) is 12.8 Å². The molecular weight excluding hydrogens is 252 g/mol. The molecule has 1 fully saturated rings. The number of carbonyl (C=O) groups is 2. The van der Waals surface area contributed by atoms with Crippen LogP contribution in [0.3, 0.4) is 0 Å². The van der Waals surface area contributed by atoms with Gasteiger partial charge in [-0.25, -0.2) is 0 Å². The lowest BCUT2D eigenvalue weighted by molar-refractivity contribution is -0.141. The molecular formula is C17H26O3. The van der Waals surface area contributed by atoms with E-state index in [-0.39, 0.29) is 29.3 Å². The number of ether oxygens (including phenoxy) is 1. The summed E-state index contributed by atoms with van der Waals surface area (Å²) < 4.78 is 5.12. The fraction of sp³-hybridized carbons (Fsp3) is 0.765. The molecule has 3 heteroatoms. The molecule has 1 saturated carbocycles. The smallest absolute Gasteiger partial charge is 0.302 e. The lowest BCUT2D eigenvalue weighted by Gasteiger charge is -2.55. The van der Waals surface area contributed by atoms with E-state index in [4.69, 9.17) is 4.74 Å². The highest BCUT2D eigenvalue weighted by atomic mass is 16.5. The van der Waals surface area contributed by atoms with Crippen LogP contribution in [0.1, 0.15) is 53.4 Å². The minimum absolute atomic E-state index is 0.00767. The molecule has 0 aliphatic heterocycles. The van der Waals surface area contributed by atoms with Gasteiger partial charge in [-0.15, -0.1) is 0 Å². The van der Waals surface area contributed by atoms with Crippen molar-refractivity contribution in [1.29, 1.82) is 0 Å². The fourth-order valence-electron chi connectivity index (χ4n) is 4.52. The molecule has 112 valence electrons. The van der Waals surface area contributed by atoms with Gasteiger partial charge in [0.25, 0.3) is 0 Å². The average molecular weight is 278 g/mol. The molecule has 3 nitrogen and oxygen atoms in total. The minimum atomic E-state index is -0.285. The molecule has 0 aromatic carbocycles. The molecule has 0 bridgehead atoms. The van der Waals surface area contributed by atoms with Gasteiger partial charge in [-0.3, -0.25) is 4.79 Å². The SMILES string of the molecule is CC(=O)OCC1=CC[C@H]2C(C)(C)CCC[C@]2(C)[C@H]1C=O. The van der Waals surface area contributed by atoms with Crippen LogP contribution in [-0.4, -0.2) is 18.9 Å². The third kappa shape index (κ3) is 2.55. The van der Waals surface area contributed by atoms with E-state index in [1.54, 1.807) is 0 Å². The van der Waals surface area contributed by atoms with Crippen molar-refractivity contribution in [3.05, 3.63) is 11.6 Å². The second kappa shape index (κ2) is 5.34. The zero-order chi connectivity index (χ0) is 15.0. The van der Waals surface area contributed by atoms with Gasteiger partial charge in [0.1, 0.15) is 12.9 Å². The number of fused-ring (bicyclic) bond motifs is 1. The van der Waals surface area contributed by atoms with E-state index in [0.29, 0.717) is 5.92 Å². The monoisotopic (exact) mass is 278 g/mol. The maximum Gasteiger partial charge on any atom is 0.302 e. The van der Waals surface area contributed by atoms with Crippen molar-refractivity contribution < 1.29 is 14.3 Å². The molecule has 20 heavy (non-hydrogen) atoms. The van der Waals surface area contributed by atoms with Crippen LogP contribution in [-0.2, 0) is 14.3 Å². The Morgan fingerprint density at radius 2 is 2.10 bits per heavy atom. The first-order valence-electron chi connectivity index (χ1n) is 7.59. The standard InChI is InChI=1S/C17H26O3/c1-12(19)20-11-13-6-7-15-16(2,3)8-5-9-17(15,4)14(13)10-18/h6,10,14-15H,5,7-9,11H2,1-4H3/t14-,15-,17+/m0/s1. The van der Waals surface area contributed by atoms with Gasteiger partial charge < -0.3 is 9.53 Å². The van der Waals surface area contributed by atoms with Gasteiger partial charge in [-0.2, -0.15) is 0 Å². The Bertz CT molecular complexity index is 436. The van der Waals surface area contributed by atoms with Crippen molar-refractivity contribution in [2.45, 2.75) is 53.4 Å². The second-order valence-electron chi connectivity index (χ2n) is 7.31. The van der Waals surface area contributed by atoms with Gasteiger partial charge in [0.05, 0.1) is 0 Å². The van der Waals surface area contributed by atoms with E-state index in [9.17, 15) is 9.59 Å². The van der Waals surface area contributed by atoms with Crippen molar-refractivity contribution in [3.63, 3.8) is 0 Å². The maximum absolute atomic E-state index is 11.7. The van der Waals surface area contributed by atoms with Crippen LogP contribution in [0.5, 0.6) is 0 Å². The highest BCUT2D eigenvalue weighted by Crippen LogP contribution is 2.59. The van der Waals surface area contributed by atoms with E-state index < -0.39 is 0 Å². The summed E-state index contributed by atoms with van der Waals surface area (Å²) >= 11 is 0. The van der Waals surface area contributed by atoms with E-state index in [1.165, 1.54) is 19.8 Å². The maximum atomic E-state index is 11.7. The topological polar surface area (TPSA) is 43.4 Å². The number of esters is 1. The average Bonchev–Trinajstić information content (AvgIpc) is 2.34. The summed E-state index contributed by atoms with van der Waals surface area (Å²) in [7, 11) is 0. The Labute approximate surface area is 121 Å². The van der Waals surface area contributed by atoms with Gasteiger partial charge in [-0.05, 0) is 41.6 Å². The highest BCUT2D eigenvalue weighted by Gasteiger charge is 2.52. The van der Waals surface area contributed by atoms with E-state index in [0.717, 1.165) is 24.7 Å². The number of aldehydes is 1. The largest absolute Gasteiger partial charge is 0.461 e. The third-order valence-corrected chi connectivity index (χ3v) is 5.58. The summed E-state index contributed by atoms with van der Waals surface area (Å²) in [6.07, 6.45) is 7.69. The van der Waals surface area contributed by atoms with Gasteiger partial charge in [0.2, 0.25) is 0 Å². The number of rotatable bonds is 3. The Morgan fingerprint density at radius 3 is 2.70 bits per heavy atom. The molecule has 2 rings (SSSR count). The first kappa shape index (κ1) is 15.3. The Morgan fingerprint density at radius 1 is 1.40 bits per heavy atom. The van der Waals surface area contributed by atoms with Crippen molar-refractivity contribution >= 4 is 12.3 Å². The zero-order valence-electron chi connectivity index (χ0n) is 13.1. The van der Waals surface area contributed by atoms with Crippen molar-refractivity contribution in [1.82, 2.24) is 0 Å². The molecule has 0 amide bonds. The lowest BCUT2D eigenvalue weighted by Crippen LogP contribution is -2.49. The van der Waals surface area contributed by atoms with Gasteiger partial charge in [0.15, 0.2) is 0 Å². The number of hydrogen-bond acceptors (Lipinski definition) is 3. The number of allylic oxidation sites excluding steroid dienone is 1. The van der Waals surface area contributed by atoms with Crippen LogP contribution < -0.4 is 0 Å². The molecule has 2 aliphatic carbocycles. The lowest BCUT2D eigenvalue weighted by atomic mass is 9.49. The fourth-order valence-corrected chi connectivity index (χ4v) is 4.52. The van der Waals surface area contributed by atoms with Gasteiger partial charge in [-0.1, -0.05) is 33.3 Å². The van der Waals surface area contributed by atoms with Crippen LogP contribution in [0.2, 0.25) is 0 Å². The summed E-state index contributed by atoms with van der Waals surface area (Å²) in [5.74, 6) is 0.131. The molecule has 0 saturated heterocycles. The predicted octanol–water partition coefficient (Wildman–Crippen LogP) is 3.53. The summed E-state index contributed by atoms with van der Waals surface area (Å²) in [4.78, 5) is 22.7. The Balaban J connectivity index is 2.29. The Kier molecular flexibility index (Phi) is 4.08. The van der Waals surface area contributed by atoms with Crippen molar-refractivity contribution in [3.8, 4) is 0 Å². The van der Waals surface area contributed by atoms with Crippen LogP contribution in [0.4, 0.5) is 0 Å². The van der Waals surface area contributed by atoms with Crippen molar-refractivity contribution in [2.24, 2.45) is 22.7 Å². The zero-order valence-corrected chi connectivity index (χ0v) is 13.1. The molecule has 0 spiro atoms. The van der Waals surface area contributed by atoms with E-state index >= 15 is 0 Å². The van der Waals surface area contributed by atoms with Crippen LogP contribution in [0.25, 0.3) is 0 Å². The molecule has 0 N–H and O–H groups in total. The number of carbonyl (C=O) groups excluding carboxylic acids is 2. The molecule has 0 aromatic heterocycles. The molecule has 0 heterocycles. The second-order valence-corrected chi connectivity index (χ2v) is 7.31. The first-order chi connectivity index (χ1) is 9.31. The molecule has 2 aliphatic rings. The number of hydrogen-bond donors (Lipinski definition) is 0. The summed E-state index contributed by atoms with van der Waals surface area (Å²) in [5, 5.41) is 0. The molecule has 0 radical (unpaired) electrons. The molecule has 0 aromatic rings. The van der Waals surface area contributed by atoms with Crippen LogP contribution in [0, 0.1) is 22.7 Å². The van der Waals surface area contributed by atoms with Crippen LogP contribution in [0.15, 0.2) is 11.6 Å². The quantitative estimate of drug-likeness (QED) is 0.450. The van der Waals surface area contributed by atoms with E-state index in [1.807, 2.05) is 0 Å². The third-order valence-electron chi connectivity index (χ3n) is 5.58. The van der Waals surface area contributed by atoms with E-state index in [2.05, 4.69) is 26.8 Å². The van der Waals surface area contributed by atoms with Crippen molar-refractivity contribution in [2.75, 3.05) is 6.61 Å². The summed E-state index contributed by atoms with van der Waals surface area (Å²) in [6.45, 7) is 8.57. The normalized spacial score (nSPS) is 35.7. The Hall–Kier alpha value is -1.12. The first-order valence-corrected chi connectivity index (χ1v) is 7.59. The summed E-state index contributed by atoms with van der Waals surface area (Å²) in [5.41, 5.74) is 1.28. The predicted molar refractivity (Wildman–Crippen MR) is 78.1 cm³/mol. The van der Waals surface area contributed by atoms with Crippen LogP contribution >= 0.6 is 0 Å². The summed E-state index contributed by atoms with van der Waals surface area (Å²) in [6, 6.07) is 0. The minimum Gasteiger partial charge on any atom is -0.461 e. The molecule has 3 atom stereocenters. The molecule has 0 unspecified atom stereocenters. The van der Waals surface area contributed by atoms with Gasteiger partial charge >= 0.3 is 5.97 Å².